The second kappa shape index (κ2) is 5.96. The summed E-state index contributed by atoms with van der Waals surface area (Å²) in [6.45, 7) is 0.367. The van der Waals surface area contributed by atoms with Gasteiger partial charge in [-0.15, -0.1) is 0 Å². The Hall–Kier alpha value is -2.41. The number of methoxy groups -OCH3 is 1. The van der Waals surface area contributed by atoms with Crippen molar-refractivity contribution in [1.29, 1.82) is 0 Å². The Morgan fingerprint density at radius 2 is 2.16 bits per heavy atom. The van der Waals surface area contributed by atoms with Crippen molar-refractivity contribution in [3.8, 4) is 17.1 Å². The highest BCUT2D eigenvalue weighted by Crippen LogP contribution is 2.19. The molecule has 100 valence electrons. The Labute approximate surface area is 109 Å². The summed E-state index contributed by atoms with van der Waals surface area (Å²) in [5.74, 6) is 1.20. The van der Waals surface area contributed by atoms with Gasteiger partial charge in [0.2, 0.25) is 17.6 Å². The molecule has 0 saturated heterocycles. The van der Waals surface area contributed by atoms with Gasteiger partial charge in [-0.25, -0.2) is 0 Å². The van der Waals surface area contributed by atoms with Crippen LogP contribution in [0.1, 0.15) is 5.89 Å². The van der Waals surface area contributed by atoms with Gasteiger partial charge in [0.25, 0.3) is 0 Å². The van der Waals surface area contributed by atoms with Gasteiger partial charge in [-0.05, 0) is 24.3 Å². The molecule has 0 aliphatic heterocycles. The third-order valence-electron chi connectivity index (χ3n) is 2.39. The third-order valence-corrected chi connectivity index (χ3v) is 2.39. The first-order chi connectivity index (χ1) is 9.19. The molecule has 1 aromatic carbocycles. The molecule has 0 radical (unpaired) electrons. The van der Waals surface area contributed by atoms with Gasteiger partial charge < -0.3 is 15.0 Å². The van der Waals surface area contributed by atoms with Crippen molar-refractivity contribution < 1.29 is 14.1 Å². The van der Waals surface area contributed by atoms with Crippen LogP contribution in [0.2, 0.25) is 0 Å². The zero-order chi connectivity index (χ0) is 13.7. The average molecular weight is 262 g/mol. The summed E-state index contributed by atoms with van der Waals surface area (Å²) < 4.78 is 10.1. The molecule has 7 heteroatoms. The second-order valence-electron chi connectivity index (χ2n) is 3.81. The minimum atomic E-state index is -0.435. The Morgan fingerprint density at radius 3 is 2.79 bits per heavy atom. The fourth-order valence-electron chi connectivity index (χ4n) is 1.48. The van der Waals surface area contributed by atoms with Crippen molar-refractivity contribution in [3.63, 3.8) is 0 Å². The molecule has 0 saturated carbocycles. The van der Waals surface area contributed by atoms with Crippen molar-refractivity contribution in [1.82, 2.24) is 15.5 Å². The number of hydrogen-bond donors (Lipinski definition) is 2. The molecule has 0 fully saturated rings. The molecule has 0 atom stereocenters. The van der Waals surface area contributed by atoms with Crippen LogP contribution in [0.25, 0.3) is 11.4 Å². The van der Waals surface area contributed by atoms with Crippen LogP contribution in [-0.4, -0.2) is 29.7 Å². The first kappa shape index (κ1) is 13.0. The third kappa shape index (κ3) is 3.52. The van der Waals surface area contributed by atoms with Crippen molar-refractivity contribution in [2.45, 2.75) is 6.54 Å². The summed E-state index contributed by atoms with van der Waals surface area (Å²) in [6, 6.07) is 7.31. The lowest BCUT2D eigenvalue weighted by Gasteiger charge is -1.99. The number of carbonyl (C=O) groups excluding carboxylic acids is 1. The van der Waals surface area contributed by atoms with Crippen LogP contribution >= 0.6 is 0 Å². The number of amides is 1. The summed E-state index contributed by atoms with van der Waals surface area (Å²) in [7, 11) is 1.60. The minimum absolute atomic E-state index is 0.0697. The summed E-state index contributed by atoms with van der Waals surface area (Å²) >= 11 is 0. The maximum atomic E-state index is 10.6. The van der Waals surface area contributed by atoms with E-state index in [4.69, 9.17) is 15.0 Å². The second-order valence-corrected chi connectivity index (χ2v) is 3.81. The van der Waals surface area contributed by atoms with E-state index < -0.39 is 5.91 Å². The molecule has 1 aromatic heterocycles. The quantitative estimate of drug-likeness (QED) is 0.777. The Balaban J connectivity index is 2.01. The van der Waals surface area contributed by atoms with Crippen molar-refractivity contribution in [3.05, 3.63) is 30.2 Å². The van der Waals surface area contributed by atoms with Crippen LogP contribution in [0.3, 0.4) is 0 Å². The van der Waals surface area contributed by atoms with Crippen molar-refractivity contribution >= 4 is 5.91 Å². The SMILES string of the molecule is COc1ccc(-c2noc(CNCC(N)=O)n2)cc1. The molecule has 0 unspecified atom stereocenters. The highest BCUT2D eigenvalue weighted by molar-refractivity contribution is 5.75. The van der Waals surface area contributed by atoms with Gasteiger partial charge >= 0.3 is 0 Å². The molecule has 1 amide bonds. The highest BCUT2D eigenvalue weighted by Gasteiger charge is 2.08. The van der Waals surface area contributed by atoms with E-state index in [1.807, 2.05) is 24.3 Å². The lowest BCUT2D eigenvalue weighted by atomic mass is 10.2. The predicted molar refractivity (Wildman–Crippen MR) is 67.2 cm³/mol. The van der Waals surface area contributed by atoms with E-state index in [0.717, 1.165) is 11.3 Å². The number of ether oxygens (including phenoxy) is 1. The molecule has 2 rings (SSSR count). The molecule has 1 heterocycles. The lowest BCUT2D eigenvalue weighted by molar-refractivity contribution is -0.117. The number of nitrogens with one attached hydrogen (secondary N) is 1. The minimum Gasteiger partial charge on any atom is -0.497 e. The number of rotatable bonds is 6. The molecular weight excluding hydrogens is 248 g/mol. The zero-order valence-corrected chi connectivity index (χ0v) is 10.4. The molecule has 0 spiro atoms. The lowest BCUT2D eigenvalue weighted by Crippen LogP contribution is -2.28. The van der Waals surface area contributed by atoms with Crippen molar-refractivity contribution in [2.24, 2.45) is 5.73 Å². The Morgan fingerprint density at radius 1 is 1.42 bits per heavy atom. The van der Waals surface area contributed by atoms with Crippen LogP contribution in [0.15, 0.2) is 28.8 Å². The molecule has 0 aliphatic rings. The van der Waals surface area contributed by atoms with E-state index in [0.29, 0.717) is 18.3 Å². The van der Waals surface area contributed by atoms with Gasteiger partial charge in [0.1, 0.15) is 5.75 Å². The standard InChI is InChI=1S/C12H14N4O3/c1-18-9-4-2-8(3-5-9)12-15-11(19-16-12)7-14-6-10(13)17/h2-5,14H,6-7H2,1H3,(H2,13,17). The maximum Gasteiger partial charge on any atom is 0.240 e. The van der Waals surface area contributed by atoms with Crippen LogP contribution in [0.4, 0.5) is 0 Å². The number of hydrogen-bond acceptors (Lipinski definition) is 6. The molecule has 2 aromatic rings. The number of benzene rings is 1. The topological polar surface area (TPSA) is 103 Å². The van der Waals surface area contributed by atoms with E-state index >= 15 is 0 Å². The Bertz CT molecular complexity index is 550. The number of aromatic nitrogens is 2. The van der Waals surface area contributed by atoms with E-state index in [-0.39, 0.29) is 6.54 Å². The van der Waals surface area contributed by atoms with Gasteiger partial charge in [0.05, 0.1) is 20.2 Å². The molecule has 3 N–H and O–H groups in total. The van der Waals surface area contributed by atoms with E-state index in [1.54, 1.807) is 7.11 Å². The van der Waals surface area contributed by atoms with E-state index in [2.05, 4.69) is 15.5 Å². The molecule has 7 nitrogen and oxygen atoms in total. The summed E-state index contributed by atoms with van der Waals surface area (Å²) in [4.78, 5) is 14.8. The van der Waals surface area contributed by atoms with Gasteiger partial charge in [-0.1, -0.05) is 5.16 Å². The first-order valence-corrected chi connectivity index (χ1v) is 5.65. The van der Waals surface area contributed by atoms with Crippen LogP contribution in [0.5, 0.6) is 5.75 Å². The largest absolute Gasteiger partial charge is 0.497 e. The zero-order valence-electron chi connectivity index (χ0n) is 10.4. The van der Waals surface area contributed by atoms with Crippen molar-refractivity contribution in [2.75, 3.05) is 13.7 Å². The van der Waals surface area contributed by atoms with Gasteiger partial charge in [-0.3, -0.25) is 10.1 Å². The average Bonchev–Trinajstić information content (AvgIpc) is 2.87. The summed E-state index contributed by atoms with van der Waals surface area (Å²) in [5, 5.41) is 6.65. The molecular formula is C12H14N4O3. The summed E-state index contributed by atoms with van der Waals surface area (Å²) in [5.41, 5.74) is 5.82. The van der Waals surface area contributed by atoms with Crippen LogP contribution < -0.4 is 15.8 Å². The molecule has 0 bridgehead atoms. The van der Waals surface area contributed by atoms with Crippen LogP contribution in [-0.2, 0) is 11.3 Å². The predicted octanol–water partition coefficient (Wildman–Crippen LogP) is 0.320. The number of nitrogens with zero attached hydrogens (tertiary/aromatic N) is 2. The summed E-state index contributed by atoms with van der Waals surface area (Å²) in [6.07, 6.45) is 0. The molecule has 19 heavy (non-hydrogen) atoms. The van der Waals surface area contributed by atoms with Gasteiger partial charge in [0.15, 0.2) is 0 Å². The molecule has 0 aliphatic carbocycles. The Kier molecular flexibility index (Phi) is 4.09. The number of nitrogens with two attached hydrogens (primary N) is 1. The first-order valence-electron chi connectivity index (χ1n) is 5.65. The van der Waals surface area contributed by atoms with E-state index in [9.17, 15) is 4.79 Å². The maximum absolute atomic E-state index is 10.6. The number of carbonyl (C=O) groups is 1. The smallest absolute Gasteiger partial charge is 0.240 e. The normalized spacial score (nSPS) is 10.4. The number of primary amides is 1. The van der Waals surface area contributed by atoms with E-state index in [1.165, 1.54) is 0 Å². The fourth-order valence-corrected chi connectivity index (χ4v) is 1.48. The van der Waals surface area contributed by atoms with Crippen LogP contribution in [0, 0.1) is 0 Å². The fraction of sp³-hybridized carbons (Fsp3) is 0.250. The van der Waals surface area contributed by atoms with Gasteiger partial charge in [0, 0.05) is 5.56 Å². The van der Waals surface area contributed by atoms with Gasteiger partial charge in [-0.2, -0.15) is 4.98 Å². The highest BCUT2D eigenvalue weighted by atomic mass is 16.5. The monoisotopic (exact) mass is 262 g/mol.